The van der Waals surface area contributed by atoms with E-state index in [4.69, 9.17) is 4.74 Å². The number of carbonyl (C=O) groups is 2. The number of rotatable bonds is 6. The summed E-state index contributed by atoms with van der Waals surface area (Å²) >= 11 is 1.92. The summed E-state index contributed by atoms with van der Waals surface area (Å²) in [5.41, 5.74) is 2.13. The van der Waals surface area contributed by atoms with E-state index in [1.54, 1.807) is 36.7 Å². The number of hydrogen-bond acceptors (Lipinski definition) is 7. The number of pyridine rings is 1. The van der Waals surface area contributed by atoms with Gasteiger partial charge >= 0.3 is 6.09 Å². The SMILES string of the molecule is CC(=O)NC[C@H]1CN(c2ccc(-c3ccc(C=NN4CCSCC4)nc3)c(F)c2)C(=O)O1. The van der Waals surface area contributed by atoms with Crippen molar-refractivity contribution in [3.63, 3.8) is 0 Å². The molecular weight excluding hydrogens is 433 g/mol. The van der Waals surface area contributed by atoms with Crippen LogP contribution in [0.2, 0.25) is 0 Å². The summed E-state index contributed by atoms with van der Waals surface area (Å²) in [6.07, 6.45) is 2.29. The van der Waals surface area contributed by atoms with Crippen molar-refractivity contribution in [3.8, 4) is 11.1 Å². The van der Waals surface area contributed by atoms with E-state index in [-0.39, 0.29) is 19.0 Å². The van der Waals surface area contributed by atoms with Crippen LogP contribution in [0.5, 0.6) is 0 Å². The molecule has 2 fully saturated rings. The standard InChI is InChI=1S/C22H24FN5O3S/c1-15(29)24-13-19-14-28(22(30)31-19)18-4-5-20(21(23)10-18)16-2-3-17(25-11-16)12-26-27-6-8-32-9-7-27/h2-5,10-12,19H,6-9,13-14H2,1H3,(H,24,29)/t19-/m0/s1. The van der Waals surface area contributed by atoms with Gasteiger partial charge in [-0.3, -0.25) is 19.7 Å². The molecule has 2 aromatic rings. The number of benzene rings is 1. The topological polar surface area (TPSA) is 87.1 Å². The Morgan fingerprint density at radius 1 is 1.34 bits per heavy atom. The Kier molecular flexibility index (Phi) is 6.89. The number of hydrazone groups is 1. The fourth-order valence-corrected chi connectivity index (χ4v) is 4.34. The van der Waals surface area contributed by atoms with Crippen molar-refractivity contribution in [2.45, 2.75) is 13.0 Å². The molecule has 4 rings (SSSR count). The minimum Gasteiger partial charge on any atom is -0.442 e. The molecule has 10 heteroatoms. The number of halogens is 1. The van der Waals surface area contributed by atoms with E-state index in [1.807, 2.05) is 16.8 Å². The number of aromatic nitrogens is 1. The number of anilines is 1. The summed E-state index contributed by atoms with van der Waals surface area (Å²) in [5.74, 6) is 1.48. The molecule has 0 saturated carbocycles. The third-order valence-electron chi connectivity index (χ3n) is 5.16. The lowest BCUT2D eigenvalue weighted by molar-refractivity contribution is -0.119. The van der Waals surface area contributed by atoms with Gasteiger partial charge in [0.05, 0.1) is 30.7 Å². The quantitative estimate of drug-likeness (QED) is 0.672. The zero-order valence-corrected chi connectivity index (χ0v) is 18.5. The number of nitrogens with one attached hydrogen (secondary N) is 1. The summed E-state index contributed by atoms with van der Waals surface area (Å²) in [7, 11) is 0. The highest BCUT2D eigenvalue weighted by Gasteiger charge is 2.32. The first-order valence-electron chi connectivity index (χ1n) is 10.3. The van der Waals surface area contributed by atoms with Crippen molar-refractivity contribution in [1.82, 2.24) is 15.3 Å². The van der Waals surface area contributed by atoms with Crippen LogP contribution in [0.15, 0.2) is 41.6 Å². The van der Waals surface area contributed by atoms with Crippen LogP contribution in [-0.2, 0) is 9.53 Å². The third-order valence-corrected chi connectivity index (χ3v) is 6.10. The molecule has 1 aromatic heterocycles. The van der Waals surface area contributed by atoms with Crippen molar-refractivity contribution < 1.29 is 18.7 Å². The second-order valence-corrected chi connectivity index (χ2v) is 8.72. The maximum atomic E-state index is 14.9. The van der Waals surface area contributed by atoms with Crippen LogP contribution in [0.3, 0.4) is 0 Å². The van der Waals surface area contributed by atoms with Crippen molar-refractivity contribution in [3.05, 3.63) is 48.0 Å². The molecule has 32 heavy (non-hydrogen) atoms. The monoisotopic (exact) mass is 457 g/mol. The van der Waals surface area contributed by atoms with Gasteiger partial charge in [0.1, 0.15) is 11.9 Å². The highest BCUT2D eigenvalue weighted by atomic mass is 32.2. The lowest BCUT2D eigenvalue weighted by Crippen LogP contribution is -2.33. The second kappa shape index (κ2) is 9.99. The summed E-state index contributed by atoms with van der Waals surface area (Å²) in [6, 6.07) is 8.20. The van der Waals surface area contributed by atoms with Gasteiger partial charge in [0, 0.05) is 48.8 Å². The number of cyclic esters (lactones) is 1. The highest BCUT2D eigenvalue weighted by Crippen LogP contribution is 2.28. The summed E-state index contributed by atoms with van der Waals surface area (Å²) in [4.78, 5) is 28.9. The molecule has 168 valence electrons. The molecule has 1 aromatic carbocycles. The van der Waals surface area contributed by atoms with Crippen LogP contribution in [0, 0.1) is 5.82 Å². The predicted molar refractivity (Wildman–Crippen MR) is 122 cm³/mol. The smallest absolute Gasteiger partial charge is 0.414 e. The van der Waals surface area contributed by atoms with E-state index in [0.717, 1.165) is 24.6 Å². The van der Waals surface area contributed by atoms with Crippen LogP contribution >= 0.6 is 11.8 Å². The first-order chi connectivity index (χ1) is 15.5. The van der Waals surface area contributed by atoms with E-state index < -0.39 is 18.0 Å². The number of ether oxygens (including phenoxy) is 1. The van der Waals surface area contributed by atoms with Gasteiger partial charge in [0.2, 0.25) is 5.91 Å². The molecular formula is C22H24FN5O3S. The molecule has 2 aliphatic rings. The van der Waals surface area contributed by atoms with E-state index in [0.29, 0.717) is 22.5 Å². The average Bonchev–Trinajstić information content (AvgIpc) is 3.18. The Bertz CT molecular complexity index is 1010. The van der Waals surface area contributed by atoms with E-state index in [9.17, 15) is 14.0 Å². The van der Waals surface area contributed by atoms with Crippen LogP contribution in [0.4, 0.5) is 14.9 Å². The number of hydrogen-bond donors (Lipinski definition) is 1. The first kappa shape index (κ1) is 22.1. The maximum absolute atomic E-state index is 14.9. The molecule has 1 N–H and O–H groups in total. The lowest BCUT2D eigenvalue weighted by Gasteiger charge is -2.22. The van der Waals surface area contributed by atoms with Crippen molar-refractivity contribution >= 4 is 35.7 Å². The molecule has 1 atom stereocenters. The minimum atomic E-state index is -0.565. The molecule has 2 amide bonds. The van der Waals surface area contributed by atoms with Gasteiger partial charge < -0.3 is 10.1 Å². The van der Waals surface area contributed by atoms with Crippen LogP contribution in [0.25, 0.3) is 11.1 Å². The summed E-state index contributed by atoms with van der Waals surface area (Å²) in [6.45, 7) is 3.70. The Labute approximate surface area is 189 Å². The van der Waals surface area contributed by atoms with Gasteiger partial charge in [-0.15, -0.1) is 0 Å². The second-order valence-electron chi connectivity index (χ2n) is 7.50. The van der Waals surface area contributed by atoms with Crippen LogP contribution in [0.1, 0.15) is 12.6 Å². The molecule has 0 aliphatic carbocycles. The molecule has 8 nitrogen and oxygen atoms in total. The largest absolute Gasteiger partial charge is 0.442 e. The number of nitrogens with zero attached hydrogens (tertiary/aromatic N) is 4. The van der Waals surface area contributed by atoms with Crippen molar-refractivity contribution in [1.29, 1.82) is 0 Å². The number of carbonyl (C=O) groups excluding carboxylic acids is 2. The van der Waals surface area contributed by atoms with Gasteiger partial charge in [-0.05, 0) is 24.3 Å². The molecule has 0 radical (unpaired) electrons. The van der Waals surface area contributed by atoms with Gasteiger partial charge in [-0.25, -0.2) is 9.18 Å². The van der Waals surface area contributed by atoms with Crippen molar-refractivity contribution in [2.24, 2.45) is 5.10 Å². The zero-order valence-electron chi connectivity index (χ0n) is 17.7. The predicted octanol–water partition coefficient (Wildman–Crippen LogP) is 2.73. The molecule has 3 heterocycles. The van der Waals surface area contributed by atoms with Gasteiger partial charge in [0.25, 0.3) is 0 Å². The van der Waals surface area contributed by atoms with E-state index >= 15 is 0 Å². The normalized spacial score (nSPS) is 18.8. The highest BCUT2D eigenvalue weighted by molar-refractivity contribution is 7.99. The summed E-state index contributed by atoms with van der Waals surface area (Å²) < 4.78 is 20.1. The number of amides is 2. The van der Waals surface area contributed by atoms with Gasteiger partial charge in [-0.1, -0.05) is 6.07 Å². The Balaban J connectivity index is 1.42. The lowest BCUT2D eigenvalue weighted by atomic mass is 10.1. The van der Waals surface area contributed by atoms with Gasteiger partial charge in [-0.2, -0.15) is 16.9 Å². The van der Waals surface area contributed by atoms with Crippen LogP contribution in [-0.4, -0.2) is 72.0 Å². The molecule has 0 bridgehead atoms. The Morgan fingerprint density at radius 3 is 2.84 bits per heavy atom. The zero-order chi connectivity index (χ0) is 22.5. The Morgan fingerprint density at radius 2 is 2.16 bits per heavy atom. The molecule has 0 spiro atoms. The molecule has 0 unspecified atom stereocenters. The first-order valence-corrected chi connectivity index (χ1v) is 11.5. The Hall–Kier alpha value is -3.14. The fraction of sp³-hybridized carbons (Fsp3) is 0.364. The van der Waals surface area contributed by atoms with E-state index in [1.165, 1.54) is 17.9 Å². The third kappa shape index (κ3) is 5.37. The fourth-order valence-electron chi connectivity index (χ4n) is 3.45. The van der Waals surface area contributed by atoms with Crippen LogP contribution < -0.4 is 10.2 Å². The minimum absolute atomic E-state index is 0.202. The maximum Gasteiger partial charge on any atom is 0.414 e. The summed E-state index contributed by atoms with van der Waals surface area (Å²) in [5, 5.41) is 9.09. The molecule has 2 saturated heterocycles. The van der Waals surface area contributed by atoms with E-state index in [2.05, 4.69) is 15.4 Å². The molecule has 2 aliphatic heterocycles. The van der Waals surface area contributed by atoms with Crippen molar-refractivity contribution in [2.75, 3.05) is 42.6 Å². The average molecular weight is 458 g/mol. The number of thioether (sulfide) groups is 1. The van der Waals surface area contributed by atoms with Gasteiger partial charge in [0.15, 0.2) is 0 Å².